The molecule has 3 aliphatic rings. The molecule has 3 fully saturated rings. The predicted molar refractivity (Wildman–Crippen MR) is 65.9 cm³/mol. The summed E-state index contributed by atoms with van der Waals surface area (Å²) < 4.78 is 0. The van der Waals surface area contributed by atoms with Crippen LogP contribution in [-0.4, -0.2) is 11.2 Å². The lowest BCUT2D eigenvalue weighted by Gasteiger charge is -2.45. The van der Waals surface area contributed by atoms with Crippen molar-refractivity contribution in [3.05, 3.63) is 12.2 Å². The minimum Gasteiger partial charge on any atom is -0.393 e. The van der Waals surface area contributed by atoms with E-state index in [-0.39, 0.29) is 11.5 Å². The van der Waals surface area contributed by atoms with Crippen LogP contribution in [0.1, 0.15) is 40.0 Å². The van der Waals surface area contributed by atoms with Crippen molar-refractivity contribution in [3.8, 4) is 0 Å². The van der Waals surface area contributed by atoms with Gasteiger partial charge in [0, 0.05) is 5.41 Å². The fourth-order valence-corrected chi connectivity index (χ4v) is 5.07. The third-order valence-electron chi connectivity index (χ3n) is 5.77. The predicted octanol–water partition coefficient (Wildman–Crippen LogP) is 3.24. The van der Waals surface area contributed by atoms with Crippen LogP contribution in [0.15, 0.2) is 12.2 Å². The van der Waals surface area contributed by atoms with Gasteiger partial charge < -0.3 is 5.11 Å². The largest absolute Gasteiger partial charge is 0.393 e. The van der Waals surface area contributed by atoms with Crippen LogP contribution >= 0.6 is 0 Å². The summed E-state index contributed by atoms with van der Waals surface area (Å²) in [5.41, 5.74) is 1.60. The zero-order valence-corrected chi connectivity index (χ0v) is 10.7. The molecular weight excluding hydrogens is 196 g/mol. The second-order valence-corrected chi connectivity index (χ2v) is 6.96. The highest BCUT2D eigenvalue weighted by Gasteiger charge is 2.68. The van der Waals surface area contributed by atoms with Crippen LogP contribution < -0.4 is 0 Å². The Bertz CT molecular complexity index is 332. The third-order valence-corrected chi connectivity index (χ3v) is 5.77. The smallest absolute Gasteiger partial charge is 0.0602 e. The van der Waals surface area contributed by atoms with Gasteiger partial charge in [-0.15, -0.1) is 0 Å². The number of fused-ring (bicyclic) bond motifs is 3. The maximum atomic E-state index is 10.3. The van der Waals surface area contributed by atoms with Crippen LogP contribution in [0.5, 0.6) is 0 Å². The van der Waals surface area contributed by atoms with Crippen LogP contribution in [0.2, 0.25) is 0 Å². The van der Waals surface area contributed by atoms with Crippen molar-refractivity contribution in [2.75, 3.05) is 0 Å². The summed E-state index contributed by atoms with van der Waals surface area (Å²) in [6.45, 7) is 11.3. The summed E-state index contributed by atoms with van der Waals surface area (Å²) in [7, 11) is 0. The van der Waals surface area contributed by atoms with E-state index < -0.39 is 0 Å². The number of hydrogen-bond acceptors (Lipinski definition) is 1. The van der Waals surface area contributed by atoms with E-state index in [0.717, 1.165) is 36.5 Å². The Morgan fingerprint density at radius 2 is 2.12 bits per heavy atom. The number of allylic oxidation sites excluding steroid dienone is 1. The van der Waals surface area contributed by atoms with E-state index in [0.29, 0.717) is 5.92 Å². The molecule has 16 heavy (non-hydrogen) atoms. The van der Waals surface area contributed by atoms with Gasteiger partial charge in [0.1, 0.15) is 0 Å². The van der Waals surface area contributed by atoms with Crippen molar-refractivity contribution in [1.82, 2.24) is 0 Å². The Kier molecular flexibility index (Phi) is 2.12. The Morgan fingerprint density at radius 3 is 2.75 bits per heavy atom. The van der Waals surface area contributed by atoms with Crippen LogP contribution in [0.3, 0.4) is 0 Å². The molecule has 0 spiro atoms. The molecule has 1 N–H and O–H groups in total. The van der Waals surface area contributed by atoms with Crippen molar-refractivity contribution >= 4 is 0 Å². The molecule has 1 heteroatoms. The van der Waals surface area contributed by atoms with E-state index in [1.54, 1.807) is 0 Å². The molecule has 3 saturated carbocycles. The first-order valence-corrected chi connectivity index (χ1v) is 6.82. The Balaban J connectivity index is 1.89. The Hall–Kier alpha value is -0.300. The van der Waals surface area contributed by atoms with Crippen molar-refractivity contribution in [1.29, 1.82) is 0 Å². The van der Waals surface area contributed by atoms with Crippen LogP contribution in [0, 0.1) is 35.0 Å². The zero-order chi connectivity index (χ0) is 11.7. The molecule has 0 aliphatic heterocycles. The van der Waals surface area contributed by atoms with E-state index in [4.69, 9.17) is 0 Å². The van der Waals surface area contributed by atoms with Gasteiger partial charge in [0.2, 0.25) is 0 Å². The summed E-state index contributed by atoms with van der Waals surface area (Å²) in [5, 5.41) is 10.3. The molecule has 1 nitrogen and oxygen atoms in total. The molecule has 6 atom stereocenters. The Labute approximate surface area is 98.9 Å². The molecule has 0 radical (unpaired) electrons. The van der Waals surface area contributed by atoms with Crippen LogP contribution in [0.25, 0.3) is 0 Å². The lowest BCUT2D eigenvalue weighted by molar-refractivity contribution is -0.0212. The van der Waals surface area contributed by atoms with Crippen molar-refractivity contribution < 1.29 is 5.11 Å². The molecule has 0 amide bonds. The molecule has 0 aromatic rings. The van der Waals surface area contributed by atoms with E-state index in [1.165, 1.54) is 12.0 Å². The summed E-state index contributed by atoms with van der Waals surface area (Å²) in [5.74, 6) is 4.09. The van der Waals surface area contributed by atoms with E-state index >= 15 is 0 Å². The normalized spacial score (nSPS) is 55.1. The molecule has 0 bridgehead atoms. The highest BCUT2D eigenvalue weighted by atomic mass is 16.3. The summed E-state index contributed by atoms with van der Waals surface area (Å²) in [6.07, 6.45) is 3.15. The van der Waals surface area contributed by atoms with Gasteiger partial charge in [-0.1, -0.05) is 32.9 Å². The maximum absolute atomic E-state index is 10.3. The number of aliphatic hydroxyl groups excluding tert-OH is 1. The number of aliphatic hydroxyl groups is 1. The quantitative estimate of drug-likeness (QED) is 0.673. The topological polar surface area (TPSA) is 20.2 Å². The fraction of sp³-hybridized carbons (Fsp3) is 0.867. The molecule has 0 saturated heterocycles. The summed E-state index contributed by atoms with van der Waals surface area (Å²) in [6, 6.07) is 0. The lowest BCUT2D eigenvalue weighted by atomic mass is 9.62. The van der Waals surface area contributed by atoms with Gasteiger partial charge in [0.25, 0.3) is 0 Å². The minimum atomic E-state index is -0.0800. The molecule has 0 aromatic heterocycles. The molecular formula is C15H24O. The number of rotatable bonds is 1. The minimum absolute atomic E-state index is 0.0800. The second-order valence-electron chi connectivity index (χ2n) is 6.96. The highest BCUT2D eigenvalue weighted by Crippen LogP contribution is 2.73. The van der Waals surface area contributed by atoms with E-state index in [1.807, 2.05) is 0 Å². The molecule has 3 aliphatic carbocycles. The van der Waals surface area contributed by atoms with Crippen LogP contribution in [-0.2, 0) is 0 Å². The SMILES string of the molecule is C=C1CC[C@@H](O)[C@@]2(C)CC3C([C@@H]3C(C)C)[C@@H]12. The van der Waals surface area contributed by atoms with E-state index in [9.17, 15) is 5.11 Å². The van der Waals surface area contributed by atoms with Crippen molar-refractivity contribution in [2.45, 2.75) is 46.1 Å². The average Bonchev–Trinajstić information content (AvgIpc) is 2.78. The fourth-order valence-electron chi connectivity index (χ4n) is 5.07. The molecule has 0 aromatic carbocycles. The van der Waals surface area contributed by atoms with Gasteiger partial charge in [0.15, 0.2) is 0 Å². The average molecular weight is 220 g/mol. The highest BCUT2D eigenvalue weighted by molar-refractivity contribution is 5.26. The van der Waals surface area contributed by atoms with Crippen LogP contribution in [0.4, 0.5) is 0 Å². The first-order valence-electron chi connectivity index (χ1n) is 6.82. The molecule has 3 rings (SSSR count). The third kappa shape index (κ3) is 1.16. The van der Waals surface area contributed by atoms with Crippen molar-refractivity contribution in [3.63, 3.8) is 0 Å². The van der Waals surface area contributed by atoms with Gasteiger partial charge >= 0.3 is 0 Å². The van der Waals surface area contributed by atoms with Gasteiger partial charge in [0.05, 0.1) is 6.10 Å². The second kappa shape index (κ2) is 3.13. The van der Waals surface area contributed by atoms with E-state index in [2.05, 4.69) is 27.4 Å². The van der Waals surface area contributed by atoms with Gasteiger partial charge in [-0.05, 0) is 48.9 Å². The van der Waals surface area contributed by atoms with Gasteiger partial charge in [-0.3, -0.25) is 0 Å². The first kappa shape index (κ1) is 10.8. The summed E-state index contributed by atoms with van der Waals surface area (Å²) >= 11 is 0. The summed E-state index contributed by atoms with van der Waals surface area (Å²) in [4.78, 5) is 0. The monoisotopic (exact) mass is 220 g/mol. The Morgan fingerprint density at radius 1 is 1.44 bits per heavy atom. The first-order chi connectivity index (χ1) is 7.47. The van der Waals surface area contributed by atoms with Gasteiger partial charge in [-0.25, -0.2) is 0 Å². The lowest BCUT2D eigenvalue weighted by Crippen LogP contribution is -2.43. The number of hydrogen-bond donors (Lipinski definition) is 1. The molecule has 0 heterocycles. The molecule has 90 valence electrons. The standard InChI is InChI=1S/C15H24O/c1-8(2)12-10-7-15(4)11(16)6-5-9(3)14(15)13(10)12/h8,10-14,16H,3,5-7H2,1-2,4H3/t10?,11-,12-,13?,14-,15-/m1/s1. The molecule has 2 unspecified atom stereocenters. The van der Waals surface area contributed by atoms with Gasteiger partial charge in [-0.2, -0.15) is 0 Å². The van der Waals surface area contributed by atoms with Crippen molar-refractivity contribution in [2.24, 2.45) is 35.0 Å². The zero-order valence-electron chi connectivity index (χ0n) is 10.7. The maximum Gasteiger partial charge on any atom is 0.0602 e.